The van der Waals surface area contributed by atoms with E-state index in [9.17, 15) is 14.0 Å². The van der Waals surface area contributed by atoms with Crippen molar-refractivity contribution >= 4 is 17.6 Å². The zero-order chi connectivity index (χ0) is 17.8. The van der Waals surface area contributed by atoms with Crippen molar-refractivity contribution < 1.29 is 28.2 Å². The Hall–Kier alpha value is -3.60. The Morgan fingerprint density at radius 3 is 2.76 bits per heavy atom. The summed E-state index contributed by atoms with van der Waals surface area (Å²) in [6.45, 7) is -0.479. The Labute approximate surface area is 141 Å². The van der Waals surface area contributed by atoms with E-state index in [1.165, 1.54) is 6.07 Å². The van der Waals surface area contributed by atoms with Gasteiger partial charge in [0.15, 0.2) is 18.1 Å². The molecule has 8 heteroatoms. The largest absolute Gasteiger partial charge is 0.454 e. The van der Waals surface area contributed by atoms with Crippen LogP contribution in [0, 0.1) is 17.1 Å². The minimum atomic E-state index is -0.997. The number of hydrogen-bond donors (Lipinski definition) is 1. The van der Waals surface area contributed by atoms with Crippen molar-refractivity contribution in [2.45, 2.75) is 0 Å². The molecule has 0 saturated heterocycles. The Balaban J connectivity index is 1.57. The molecule has 126 valence electrons. The van der Waals surface area contributed by atoms with Crippen LogP contribution >= 0.6 is 0 Å². The van der Waals surface area contributed by atoms with E-state index in [0.717, 1.165) is 12.1 Å². The lowest BCUT2D eigenvalue weighted by Crippen LogP contribution is -2.21. The van der Waals surface area contributed by atoms with Gasteiger partial charge in [0.25, 0.3) is 5.91 Å². The van der Waals surface area contributed by atoms with E-state index in [1.807, 2.05) is 0 Å². The monoisotopic (exact) mass is 342 g/mol. The molecular formula is C17H11FN2O5. The van der Waals surface area contributed by atoms with E-state index in [-0.39, 0.29) is 17.9 Å². The number of carbonyl (C=O) groups is 2. The van der Waals surface area contributed by atoms with Crippen molar-refractivity contribution in [3.8, 4) is 17.6 Å². The molecule has 0 spiro atoms. The van der Waals surface area contributed by atoms with Gasteiger partial charge in [0, 0.05) is 11.8 Å². The van der Waals surface area contributed by atoms with Crippen LogP contribution in [-0.2, 0) is 9.53 Å². The third-order valence-electron chi connectivity index (χ3n) is 3.31. The molecule has 1 amide bonds. The van der Waals surface area contributed by atoms with Gasteiger partial charge in [0.05, 0.1) is 17.2 Å². The zero-order valence-electron chi connectivity index (χ0n) is 12.7. The molecule has 0 radical (unpaired) electrons. The maximum Gasteiger partial charge on any atom is 0.341 e. The molecule has 1 heterocycles. The molecule has 0 saturated carbocycles. The first-order valence-electron chi connectivity index (χ1n) is 7.13. The van der Waals surface area contributed by atoms with Gasteiger partial charge in [-0.1, -0.05) is 0 Å². The number of carbonyl (C=O) groups excluding carboxylic acids is 2. The van der Waals surface area contributed by atoms with Gasteiger partial charge in [-0.15, -0.1) is 0 Å². The second-order valence-electron chi connectivity index (χ2n) is 5.00. The summed E-state index contributed by atoms with van der Waals surface area (Å²) in [6, 6.07) is 9.90. The van der Waals surface area contributed by atoms with Crippen molar-refractivity contribution in [3.63, 3.8) is 0 Å². The second-order valence-corrected chi connectivity index (χ2v) is 5.00. The fraction of sp³-hybridized carbons (Fsp3) is 0.118. The quantitative estimate of drug-likeness (QED) is 0.856. The van der Waals surface area contributed by atoms with Crippen molar-refractivity contribution in [1.82, 2.24) is 0 Å². The first-order valence-corrected chi connectivity index (χ1v) is 7.13. The average molecular weight is 342 g/mol. The first-order chi connectivity index (χ1) is 12.1. The molecule has 1 aliphatic heterocycles. The molecule has 1 N–H and O–H groups in total. The molecule has 3 rings (SSSR count). The maximum absolute atomic E-state index is 13.7. The van der Waals surface area contributed by atoms with E-state index < -0.39 is 24.3 Å². The maximum atomic E-state index is 13.7. The lowest BCUT2D eigenvalue weighted by Gasteiger charge is -2.08. The molecule has 1 aliphatic rings. The van der Waals surface area contributed by atoms with E-state index in [4.69, 9.17) is 19.5 Å². The van der Waals surface area contributed by atoms with Crippen LogP contribution in [0.5, 0.6) is 11.5 Å². The van der Waals surface area contributed by atoms with Crippen LogP contribution in [-0.4, -0.2) is 25.3 Å². The molecule has 0 aromatic heterocycles. The highest BCUT2D eigenvalue weighted by atomic mass is 19.1. The summed E-state index contributed by atoms with van der Waals surface area (Å²) < 4.78 is 28.8. The molecule has 0 bridgehead atoms. The third kappa shape index (κ3) is 3.67. The number of ether oxygens (including phenoxy) is 3. The van der Waals surface area contributed by atoms with Gasteiger partial charge in [-0.3, -0.25) is 4.79 Å². The lowest BCUT2D eigenvalue weighted by molar-refractivity contribution is -0.119. The number of hydrogen-bond acceptors (Lipinski definition) is 6. The van der Waals surface area contributed by atoms with E-state index >= 15 is 0 Å². The highest BCUT2D eigenvalue weighted by molar-refractivity contribution is 5.95. The first kappa shape index (κ1) is 16.3. The summed E-state index contributed by atoms with van der Waals surface area (Å²) in [7, 11) is 0. The van der Waals surface area contributed by atoms with Crippen LogP contribution < -0.4 is 14.8 Å². The molecule has 2 aromatic carbocycles. The van der Waals surface area contributed by atoms with Crippen LogP contribution in [0.3, 0.4) is 0 Å². The van der Waals surface area contributed by atoms with Crippen LogP contribution in [0.25, 0.3) is 0 Å². The van der Waals surface area contributed by atoms with Crippen molar-refractivity contribution in [1.29, 1.82) is 5.26 Å². The predicted molar refractivity (Wildman–Crippen MR) is 82.6 cm³/mol. The topological polar surface area (TPSA) is 97.7 Å². The van der Waals surface area contributed by atoms with Gasteiger partial charge >= 0.3 is 5.97 Å². The molecule has 0 aliphatic carbocycles. The van der Waals surface area contributed by atoms with Gasteiger partial charge in [0.1, 0.15) is 5.82 Å². The number of halogens is 1. The van der Waals surface area contributed by atoms with Crippen LogP contribution in [0.2, 0.25) is 0 Å². The zero-order valence-corrected chi connectivity index (χ0v) is 12.7. The Morgan fingerprint density at radius 2 is 2.00 bits per heavy atom. The Morgan fingerprint density at radius 1 is 1.20 bits per heavy atom. The molecular weight excluding hydrogens is 331 g/mol. The summed E-state index contributed by atoms with van der Waals surface area (Å²) in [5.41, 5.74) is 0.166. The van der Waals surface area contributed by atoms with Crippen molar-refractivity contribution in [2.75, 3.05) is 18.7 Å². The summed E-state index contributed by atoms with van der Waals surface area (Å²) in [5.74, 6) is -1.42. The number of esters is 1. The van der Waals surface area contributed by atoms with E-state index in [0.29, 0.717) is 17.2 Å². The normalized spacial score (nSPS) is 11.5. The molecule has 0 fully saturated rings. The fourth-order valence-electron chi connectivity index (χ4n) is 2.13. The fourth-order valence-corrected chi connectivity index (χ4v) is 2.13. The van der Waals surface area contributed by atoms with Crippen LogP contribution in [0.4, 0.5) is 10.1 Å². The predicted octanol–water partition coefficient (Wildman–Crippen LogP) is 2.22. The molecule has 25 heavy (non-hydrogen) atoms. The van der Waals surface area contributed by atoms with Gasteiger partial charge in [-0.25, -0.2) is 9.18 Å². The van der Waals surface area contributed by atoms with Crippen molar-refractivity contribution in [3.05, 3.63) is 53.3 Å². The van der Waals surface area contributed by atoms with E-state index in [2.05, 4.69) is 5.32 Å². The Bertz CT molecular complexity index is 891. The molecule has 7 nitrogen and oxygen atoms in total. The number of rotatable bonds is 4. The number of benzene rings is 2. The number of nitriles is 1. The minimum Gasteiger partial charge on any atom is -0.454 e. The summed E-state index contributed by atoms with van der Waals surface area (Å²) in [6.07, 6.45) is 0. The highest BCUT2D eigenvalue weighted by Crippen LogP contribution is 2.34. The number of nitrogens with zero attached hydrogens (tertiary/aromatic N) is 1. The standard InChI is InChI=1S/C17H11FN2O5/c18-13-5-10(7-19)1-3-12(13)17(22)23-8-16(21)20-11-2-4-14-15(6-11)25-9-24-14/h1-6H,8-9H2,(H,20,21). The van der Waals surface area contributed by atoms with Crippen LogP contribution in [0.1, 0.15) is 15.9 Å². The molecule has 0 atom stereocenters. The number of nitrogens with one attached hydrogen (secondary N) is 1. The second kappa shape index (κ2) is 6.88. The highest BCUT2D eigenvalue weighted by Gasteiger charge is 2.17. The van der Waals surface area contributed by atoms with Crippen LogP contribution in [0.15, 0.2) is 36.4 Å². The lowest BCUT2D eigenvalue weighted by atomic mass is 10.1. The van der Waals surface area contributed by atoms with Gasteiger partial charge in [-0.05, 0) is 30.3 Å². The number of amides is 1. The van der Waals surface area contributed by atoms with Gasteiger partial charge in [0.2, 0.25) is 6.79 Å². The Kier molecular flexibility index (Phi) is 4.48. The molecule has 2 aromatic rings. The average Bonchev–Trinajstić information content (AvgIpc) is 3.07. The molecule has 0 unspecified atom stereocenters. The summed E-state index contributed by atoms with van der Waals surface area (Å²) in [4.78, 5) is 23.7. The minimum absolute atomic E-state index is 0.0783. The smallest absolute Gasteiger partial charge is 0.341 e. The summed E-state index contributed by atoms with van der Waals surface area (Å²) >= 11 is 0. The number of anilines is 1. The van der Waals surface area contributed by atoms with E-state index in [1.54, 1.807) is 24.3 Å². The third-order valence-corrected chi connectivity index (χ3v) is 3.31. The summed E-state index contributed by atoms with van der Waals surface area (Å²) in [5, 5.41) is 11.2. The van der Waals surface area contributed by atoms with Crippen molar-refractivity contribution in [2.24, 2.45) is 0 Å². The van der Waals surface area contributed by atoms with Gasteiger partial charge in [-0.2, -0.15) is 5.26 Å². The number of fused-ring (bicyclic) bond motifs is 1. The van der Waals surface area contributed by atoms with Gasteiger partial charge < -0.3 is 19.5 Å². The SMILES string of the molecule is N#Cc1ccc(C(=O)OCC(=O)Nc2ccc3c(c2)OCO3)c(F)c1.